The topological polar surface area (TPSA) is 61.8 Å². The molecule has 0 atom stereocenters. The second kappa shape index (κ2) is 5.74. The van der Waals surface area contributed by atoms with Crippen molar-refractivity contribution in [3.63, 3.8) is 0 Å². The Labute approximate surface area is 88.0 Å². The average molecular weight is 207 g/mol. The second-order valence-corrected chi connectivity index (χ2v) is 3.12. The smallest absolute Gasteiger partial charge is 0.218 e. The maximum absolute atomic E-state index is 10.6. The molecule has 1 aromatic carbocycles. The van der Waals surface area contributed by atoms with E-state index >= 15 is 0 Å². The van der Waals surface area contributed by atoms with E-state index in [1.54, 1.807) is 0 Å². The fourth-order valence-corrected chi connectivity index (χ4v) is 1.11. The van der Waals surface area contributed by atoms with Crippen LogP contribution in [0.4, 0.5) is 0 Å². The van der Waals surface area contributed by atoms with Crippen molar-refractivity contribution in [2.45, 2.75) is 13.5 Å². The van der Waals surface area contributed by atoms with Gasteiger partial charge in [-0.15, -0.1) is 4.91 Å². The van der Waals surface area contributed by atoms with Crippen molar-refractivity contribution in [1.29, 1.82) is 0 Å². The molecule has 0 spiro atoms. The summed E-state index contributed by atoms with van der Waals surface area (Å²) >= 11 is 0. The van der Waals surface area contributed by atoms with Gasteiger partial charge in [0.1, 0.15) is 6.67 Å². The van der Waals surface area contributed by atoms with E-state index in [1.807, 2.05) is 30.3 Å². The Kier molecular flexibility index (Phi) is 4.28. The molecule has 0 saturated heterocycles. The van der Waals surface area contributed by atoms with Crippen LogP contribution in [0.25, 0.3) is 0 Å². The van der Waals surface area contributed by atoms with Crippen LogP contribution in [0.15, 0.2) is 35.6 Å². The molecule has 0 aliphatic carbocycles. The number of hydrogen-bond acceptors (Lipinski definition) is 3. The van der Waals surface area contributed by atoms with Crippen molar-refractivity contribution in [3.05, 3.63) is 40.8 Å². The van der Waals surface area contributed by atoms with Crippen LogP contribution in [0.2, 0.25) is 0 Å². The van der Waals surface area contributed by atoms with Crippen LogP contribution in [0, 0.1) is 4.91 Å². The van der Waals surface area contributed by atoms with Crippen LogP contribution >= 0.6 is 0 Å². The number of rotatable bonds is 5. The number of carbonyl (C=O) groups is 1. The minimum atomic E-state index is -0.184. The van der Waals surface area contributed by atoms with E-state index in [2.05, 4.69) is 10.6 Å². The third-order valence-electron chi connectivity index (χ3n) is 1.83. The Morgan fingerprint density at radius 3 is 2.60 bits per heavy atom. The van der Waals surface area contributed by atoms with Gasteiger partial charge in [0, 0.05) is 6.92 Å². The van der Waals surface area contributed by atoms with Crippen molar-refractivity contribution in [2.24, 2.45) is 5.29 Å². The highest BCUT2D eigenvalue weighted by molar-refractivity contribution is 5.72. The first-order chi connectivity index (χ1) is 7.22. The highest BCUT2D eigenvalue weighted by Crippen LogP contribution is 2.03. The zero-order valence-electron chi connectivity index (χ0n) is 8.51. The molecule has 0 fully saturated rings. The minimum absolute atomic E-state index is 0.133. The molecule has 15 heavy (non-hydrogen) atoms. The van der Waals surface area contributed by atoms with E-state index < -0.39 is 0 Å². The van der Waals surface area contributed by atoms with Gasteiger partial charge in [-0.1, -0.05) is 30.3 Å². The molecule has 0 aromatic heterocycles. The van der Waals surface area contributed by atoms with E-state index in [0.717, 1.165) is 5.56 Å². The molecule has 0 aliphatic heterocycles. The van der Waals surface area contributed by atoms with Crippen molar-refractivity contribution in [2.75, 3.05) is 6.67 Å². The van der Waals surface area contributed by atoms with Gasteiger partial charge in [0.05, 0.1) is 11.8 Å². The van der Waals surface area contributed by atoms with Gasteiger partial charge in [0.15, 0.2) is 0 Å². The molecule has 0 saturated carbocycles. The molecular formula is C10H13N3O2. The maximum atomic E-state index is 10.6. The van der Waals surface area contributed by atoms with Crippen LogP contribution in [-0.2, 0) is 11.3 Å². The third kappa shape index (κ3) is 4.21. The number of carbonyl (C=O) groups excluding carboxylic acids is 1. The second-order valence-electron chi connectivity index (χ2n) is 3.12. The van der Waals surface area contributed by atoms with E-state index in [-0.39, 0.29) is 12.6 Å². The van der Waals surface area contributed by atoms with Gasteiger partial charge in [-0.3, -0.25) is 4.79 Å². The normalized spacial score (nSPS) is 9.40. The largest absolute Gasteiger partial charge is 0.337 e. The Morgan fingerprint density at radius 2 is 2.07 bits per heavy atom. The number of nitrogens with zero attached hydrogens (tertiary/aromatic N) is 2. The Balaban J connectivity index is 2.47. The van der Waals surface area contributed by atoms with Gasteiger partial charge < -0.3 is 5.32 Å². The van der Waals surface area contributed by atoms with Gasteiger partial charge in [-0.05, 0) is 5.56 Å². The number of benzene rings is 1. The first-order valence-electron chi connectivity index (χ1n) is 4.59. The molecule has 5 nitrogen and oxygen atoms in total. The standard InChI is InChI=1S/C10H13N3O2/c1-9(14)11-8-13(12-15)7-10-5-3-2-4-6-10/h2-6H,7-8H2,1H3,(H,11,14). The Morgan fingerprint density at radius 1 is 1.40 bits per heavy atom. The summed E-state index contributed by atoms with van der Waals surface area (Å²) in [4.78, 5) is 21.1. The van der Waals surface area contributed by atoms with E-state index in [9.17, 15) is 9.70 Å². The zero-order valence-corrected chi connectivity index (χ0v) is 8.51. The molecular weight excluding hydrogens is 194 g/mol. The molecule has 1 aromatic rings. The maximum Gasteiger partial charge on any atom is 0.218 e. The Hall–Kier alpha value is -1.91. The molecule has 0 bridgehead atoms. The lowest BCUT2D eigenvalue weighted by Crippen LogP contribution is -2.32. The fraction of sp³-hybridized carbons (Fsp3) is 0.300. The molecule has 0 heterocycles. The van der Waals surface area contributed by atoms with Gasteiger partial charge in [0.2, 0.25) is 5.91 Å². The average Bonchev–Trinajstić information content (AvgIpc) is 2.25. The van der Waals surface area contributed by atoms with Crippen LogP contribution < -0.4 is 5.32 Å². The van der Waals surface area contributed by atoms with E-state index in [1.165, 1.54) is 11.9 Å². The summed E-state index contributed by atoms with van der Waals surface area (Å²) in [5.74, 6) is -0.184. The molecule has 1 rings (SSSR count). The SMILES string of the molecule is CC(=O)NCN(Cc1ccccc1)N=O. The molecule has 0 aliphatic rings. The van der Waals surface area contributed by atoms with Gasteiger partial charge in [-0.25, -0.2) is 5.01 Å². The summed E-state index contributed by atoms with van der Waals surface area (Å²) < 4.78 is 0. The van der Waals surface area contributed by atoms with E-state index in [0.29, 0.717) is 6.54 Å². The third-order valence-corrected chi connectivity index (χ3v) is 1.83. The highest BCUT2D eigenvalue weighted by Gasteiger charge is 2.03. The fourth-order valence-electron chi connectivity index (χ4n) is 1.11. The summed E-state index contributed by atoms with van der Waals surface area (Å²) in [5.41, 5.74) is 0.974. The molecule has 0 radical (unpaired) electrons. The van der Waals surface area contributed by atoms with Crippen LogP contribution in [0.5, 0.6) is 0 Å². The lowest BCUT2D eigenvalue weighted by Gasteiger charge is -2.14. The first kappa shape index (κ1) is 11.2. The molecule has 80 valence electrons. The number of hydrogen-bond donors (Lipinski definition) is 1. The number of amides is 1. The van der Waals surface area contributed by atoms with Gasteiger partial charge in [0.25, 0.3) is 0 Å². The van der Waals surface area contributed by atoms with Crippen LogP contribution in [-0.4, -0.2) is 17.6 Å². The highest BCUT2D eigenvalue weighted by atomic mass is 16.3. The van der Waals surface area contributed by atoms with Crippen molar-refractivity contribution >= 4 is 5.91 Å². The minimum Gasteiger partial charge on any atom is -0.337 e. The molecule has 5 heteroatoms. The number of nitroso groups, excluding NO2 is 1. The summed E-state index contributed by atoms with van der Waals surface area (Å²) in [5, 5.41) is 6.58. The first-order valence-corrected chi connectivity index (χ1v) is 4.59. The van der Waals surface area contributed by atoms with Crippen molar-refractivity contribution < 1.29 is 4.79 Å². The van der Waals surface area contributed by atoms with Crippen LogP contribution in [0.1, 0.15) is 12.5 Å². The summed E-state index contributed by atoms with van der Waals surface area (Å²) in [6.45, 7) is 1.92. The van der Waals surface area contributed by atoms with Gasteiger partial charge >= 0.3 is 0 Å². The van der Waals surface area contributed by atoms with Crippen molar-refractivity contribution in [3.8, 4) is 0 Å². The van der Waals surface area contributed by atoms with E-state index in [4.69, 9.17) is 0 Å². The predicted octanol–water partition coefficient (Wildman–Crippen LogP) is 1.26. The molecule has 1 amide bonds. The predicted molar refractivity (Wildman–Crippen MR) is 56.5 cm³/mol. The summed E-state index contributed by atoms with van der Waals surface area (Å²) in [6, 6.07) is 9.46. The monoisotopic (exact) mass is 207 g/mol. The van der Waals surface area contributed by atoms with Crippen LogP contribution in [0.3, 0.4) is 0 Å². The van der Waals surface area contributed by atoms with Crippen molar-refractivity contribution in [1.82, 2.24) is 10.3 Å². The number of nitrogens with one attached hydrogen (secondary N) is 1. The lowest BCUT2D eigenvalue weighted by molar-refractivity contribution is -0.119. The zero-order chi connectivity index (χ0) is 11.1. The molecule has 1 N–H and O–H groups in total. The Bertz CT molecular complexity index is 327. The van der Waals surface area contributed by atoms with Gasteiger partial charge in [-0.2, -0.15) is 0 Å². The summed E-state index contributed by atoms with van der Waals surface area (Å²) in [6.07, 6.45) is 0. The summed E-state index contributed by atoms with van der Waals surface area (Å²) in [7, 11) is 0. The molecule has 0 unspecified atom stereocenters. The lowest BCUT2D eigenvalue weighted by atomic mass is 10.2. The quantitative estimate of drug-likeness (QED) is 0.449.